The molecule has 0 spiro atoms. The SMILES string of the molecule is CCC(C#N)Sc1ccc(Cl)c(C(=O)O)c1. The Morgan fingerprint density at radius 1 is 1.69 bits per heavy atom. The first-order valence-corrected chi connectivity index (χ1v) is 5.93. The summed E-state index contributed by atoms with van der Waals surface area (Å²) in [5.74, 6) is -1.06. The summed E-state index contributed by atoms with van der Waals surface area (Å²) < 4.78 is 0. The summed E-state index contributed by atoms with van der Waals surface area (Å²) in [5.41, 5.74) is 0.0689. The minimum Gasteiger partial charge on any atom is -0.478 e. The number of nitriles is 1. The molecule has 1 atom stereocenters. The molecule has 1 aromatic carbocycles. The van der Waals surface area contributed by atoms with E-state index in [-0.39, 0.29) is 15.8 Å². The number of hydrogen-bond donors (Lipinski definition) is 1. The number of benzene rings is 1. The Balaban J connectivity index is 2.96. The highest BCUT2D eigenvalue weighted by Gasteiger charge is 2.12. The Morgan fingerprint density at radius 3 is 2.88 bits per heavy atom. The van der Waals surface area contributed by atoms with Crippen LogP contribution in [-0.4, -0.2) is 16.3 Å². The molecule has 3 nitrogen and oxygen atoms in total. The molecule has 0 aromatic heterocycles. The first kappa shape index (κ1) is 12.9. The second kappa shape index (κ2) is 5.78. The first-order valence-electron chi connectivity index (χ1n) is 4.67. The van der Waals surface area contributed by atoms with Gasteiger partial charge >= 0.3 is 5.97 Å². The van der Waals surface area contributed by atoms with E-state index in [4.69, 9.17) is 22.0 Å². The summed E-state index contributed by atoms with van der Waals surface area (Å²) in [4.78, 5) is 11.6. The molecule has 0 heterocycles. The van der Waals surface area contributed by atoms with E-state index in [0.29, 0.717) is 6.42 Å². The van der Waals surface area contributed by atoms with Gasteiger partial charge in [-0.05, 0) is 24.6 Å². The maximum absolute atomic E-state index is 10.8. The van der Waals surface area contributed by atoms with Gasteiger partial charge in [0.05, 0.1) is 21.9 Å². The smallest absolute Gasteiger partial charge is 0.337 e. The van der Waals surface area contributed by atoms with Crippen molar-refractivity contribution in [2.75, 3.05) is 0 Å². The van der Waals surface area contributed by atoms with E-state index in [0.717, 1.165) is 4.90 Å². The van der Waals surface area contributed by atoms with Gasteiger partial charge in [0.1, 0.15) is 0 Å². The number of carboxylic acids is 1. The second-order valence-corrected chi connectivity index (χ2v) is 4.77. The monoisotopic (exact) mass is 255 g/mol. The number of carboxylic acid groups (broad SMARTS) is 1. The van der Waals surface area contributed by atoms with E-state index in [1.54, 1.807) is 6.07 Å². The van der Waals surface area contributed by atoms with Gasteiger partial charge in [-0.25, -0.2) is 4.79 Å². The largest absolute Gasteiger partial charge is 0.478 e. The molecule has 1 N–H and O–H groups in total. The molecule has 84 valence electrons. The van der Waals surface area contributed by atoms with Gasteiger partial charge in [-0.3, -0.25) is 0 Å². The van der Waals surface area contributed by atoms with Gasteiger partial charge in [0.25, 0.3) is 0 Å². The molecule has 1 aromatic rings. The van der Waals surface area contributed by atoms with Crippen LogP contribution in [0.15, 0.2) is 23.1 Å². The van der Waals surface area contributed by atoms with Crippen molar-refractivity contribution in [3.8, 4) is 6.07 Å². The van der Waals surface area contributed by atoms with Gasteiger partial charge in [0.2, 0.25) is 0 Å². The molecular weight excluding hydrogens is 246 g/mol. The van der Waals surface area contributed by atoms with E-state index in [9.17, 15) is 4.79 Å². The van der Waals surface area contributed by atoms with E-state index in [1.807, 2.05) is 6.92 Å². The van der Waals surface area contributed by atoms with Crippen LogP contribution >= 0.6 is 23.4 Å². The van der Waals surface area contributed by atoms with Crippen LogP contribution in [0.1, 0.15) is 23.7 Å². The van der Waals surface area contributed by atoms with Crippen molar-refractivity contribution >= 4 is 29.3 Å². The third kappa shape index (κ3) is 3.16. The van der Waals surface area contributed by atoms with Gasteiger partial charge in [-0.15, -0.1) is 11.8 Å². The van der Waals surface area contributed by atoms with E-state index < -0.39 is 5.97 Å². The van der Waals surface area contributed by atoms with Gasteiger partial charge in [0.15, 0.2) is 0 Å². The van der Waals surface area contributed by atoms with Crippen molar-refractivity contribution in [1.82, 2.24) is 0 Å². The lowest BCUT2D eigenvalue weighted by atomic mass is 10.2. The Morgan fingerprint density at radius 2 is 2.38 bits per heavy atom. The molecule has 0 saturated carbocycles. The summed E-state index contributed by atoms with van der Waals surface area (Å²) in [6, 6.07) is 6.90. The minimum absolute atomic E-state index is 0.0689. The zero-order valence-electron chi connectivity index (χ0n) is 8.61. The molecule has 1 rings (SSSR count). The number of thioether (sulfide) groups is 1. The summed E-state index contributed by atoms with van der Waals surface area (Å²) in [6.07, 6.45) is 0.714. The number of halogens is 1. The van der Waals surface area contributed by atoms with Crippen molar-refractivity contribution in [3.05, 3.63) is 28.8 Å². The van der Waals surface area contributed by atoms with Crippen molar-refractivity contribution in [3.63, 3.8) is 0 Å². The fourth-order valence-corrected chi connectivity index (χ4v) is 2.19. The normalized spacial score (nSPS) is 11.8. The molecular formula is C11H10ClNO2S. The Hall–Kier alpha value is -1.18. The molecule has 0 fully saturated rings. The maximum Gasteiger partial charge on any atom is 0.337 e. The summed E-state index contributed by atoms with van der Waals surface area (Å²) >= 11 is 7.09. The van der Waals surface area contributed by atoms with Crippen molar-refractivity contribution in [2.24, 2.45) is 0 Å². The molecule has 0 aliphatic heterocycles. The van der Waals surface area contributed by atoms with Crippen LogP contribution in [0, 0.1) is 11.3 Å². The first-order chi connectivity index (χ1) is 7.58. The second-order valence-electron chi connectivity index (χ2n) is 3.09. The lowest BCUT2D eigenvalue weighted by Crippen LogP contribution is -1.99. The van der Waals surface area contributed by atoms with Crippen molar-refractivity contribution in [1.29, 1.82) is 5.26 Å². The van der Waals surface area contributed by atoms with E-state index >= 15 is 0 Å². The Kier molecular flexibility index (Phi) is 4.66. The number of nitrogens with zero attached hydrogens (tertiary/aromatic N) is 1. The van der Waals surface area contributed by atoms with Crippen LogP contribution in [0.3, 0.4) is 0 Å². The predicted octanol–water partition coefficient (Wildman–Crippen LogP) is 3.43. The van der Waals surface area contributed by atoms with Gasteiger partial charge in [-0.2, -0.15) is 5.26 Å². The lowest BCUT2D eigenvalue weighted by Gasteiger charge is -2.07. The van der Waals surface area contributed by atoms with Gasteiger partial charge < -0.3 is 5.11 Å². The highest BCUT2D eigenvalue weighted by molar-refractivity contribution is 8.00. The Bertz CT molecular complexity index is 442. The number of carbonyl (C=O) groups is 1. The third-order valence-corrected chi connectivity index (χ3v) is 3.54. The van der Waals surface area contributed by atoms with Gasteiger partial charge in [0, 0.05) is 4.90 Å². The van der Waals surface area contributed by atoms with Crippen LogP contribution in [-0.2, 0) is 0 Å². The maximum atomic E-state index is 10.8. The average Bonchev–Trinajstić information content (AvgIpc) is 2.27. The topological polar surface area (TPSA) is 61.1 Å². The molecule has 16 heavy (non-hydrogen) atoms. The van der Waals surface area contributed by atoms with Gasteiger partial charge in [-0.1, -0.05) is 18.5 Å². The summed E-state index contributed by atoms with van der Waals surface area (Å²) in [7, 11) is 0. The zero-order valence-corrected chi connectivity index (χ0v) is 10.2. The van der Waals surface area contributed by atoms with Crippen LogP contribution in [0.2, 0.25) is 5.02 Å². The minimum atomic E-state index is -1.06. The molecule has 5 heteroatoms. The number of aromatic carboxylic acids is 1. The molecule has 0 aliphatic carbocycles. The van der Waals surface area contributed by atoms with Crippen LogP contribution in [0.25, 0.3) is 0 Å². The summed E-state index contributed by atoms with van der Waals surface area (Å²) in [5, 5.41) is 17.7. The van der Waals surface area contributed by atoms with Crippen LogP contribution in [0.5, 0.6) is 0 Å². The molecule has 0 bridgehead atoms. The lowest BCUT2D eigenvalue weighted by molar-refractivity contribution is 0.0697. The molecule has 0 saturated heterocycles. The van der Waals surface area contributed by atoms with E-state index in [2.05, 4.69) is 6.07 Å². The standard InChI is InChI=1S/C11H10ClNO2S/c1-2-7(6-13)16-8-3-4-10(12)9(5-8)11(14)15/h3-5,7H,2H2,1H3,(H,14,15). The average molecular weight is 256 g/mol. The predicted molar refractivity (Wildman–Crippen MR) is 64.0 cm³/mol. The van der Waals surface area contributed by atoms with E-state index in [1.165, 1.54) is 23.9 Å². The molecule has 0 aliphatic rings. The molecule has 1 unspecified atom stereocenters. The van der Waals surface area contributed by atoms with Crippen LogP contribution in [0.4, 0.5) is 0 Å². The molecule has 0 amide bonds. The number of rotatable bonds is 4. The highest BCUT2D eigenvalue weighted by Crippen LogP contribution is 2.28. The Labute approximate surface area is 103 Å². The van der Waals surface area contributed by atoms with Crippen molar-refractivity contribution < 1.29 is 9.90 Å². The summed E-state index contributed by atoms with van der Waals surface area (Å²) in [6.45, 7) is 1.91. The highest BCUT2D eigenvalue weighted by atomic mass is 35.5. The molecule has 0 radical (unpaired) electrons. The zero-order chi connectivity index (χ0) is 12.1. The van der Waals surface area contributed by atoms with Crippen LogP contribution < -0.4 is 0 Å². The number of hydrogen-bond acceptors (Lipinski definition) is 3. The quantitative estimate of drug-likeness (QED) is 0.838. The fourth-order valence-electron chi connectivity index (χ4n) is 1.11. The van der Waals surface area contributed by atoms with Crippen molar-refractivity contribution in [2.45, 2.75) is 23.5 Å². The fraction of sp³-hybridized carbons (Fsp3) is 0.273. The third-order valence-electron chi connectivity index (χ3n) is 1.96.